The molecule has 0 spiro atoms. The van der Waals surface area contributed by atoms with Gasteiger partial charge in [-0.3, -0.25) is 9.36 Å². The predicted molar refractivity (Wildman–Crippen MR) is 82.1 cm³/mol. The molecule has 0 bridgehead atoms. The second-order valence-electron chi connectivity index (χ2n) is 5.00. The van der Waals surface area contributed by atoms with E-state index in [1.807, 2.05) is 6.07 Å². The number of H-pyrrole nitrogens is 1. The van der Waals surface area contributed by atoms with Gasteiger partial charge in [-0.2, -0.15) is 4.31 Å². The van der Waals surface area contributed by atoms with Crippen molar-refractivity contribution in [2.45, 2.75) is 18.4 Å². The normalized spacial score (nSPS) is 11.8. The fraction of sp³-hybridized carbons (Fsp3) is 0.286. The number of nitrogens with one attached hydrogen (secondary N) is 1. The molecule has 0 fully saturated rings. The van der Waals surface area contributed by atoms with Crippen molar-refractivity contribution in [3.05, 3.63) is 62.4 Å². The van der Waals surface area contributed by atoms with Gasteiger partial charge in [0, 0.05) is 26.3 Å². The number of rotatable bonds is 4. The summed E-state index contributed by atoms with van der Waals surface area (Å²) < 4.78 is 27.1. The quantitative estimate of drug-likeness (QED) is 0.870. The summed E-state index contributed by atoms with van der Waals surface area (Å²) in [5.41, 5.74) is -0.645. The second kappa shape index (κ2) is 5.90. The van der Waals surface area contributed by atoms with Gasteiger partial charge in [-0.1, -0.05) is 30.3 Å². The first-order chi connectivity index (χ1) is 10.2. The van der Waals surface area contributed by atoms with Crippen LogP contribution in [0, 0.1) is 6.92 Å². The van der Waals surface area contributed by atoms with Gasteiger partial charge in [0.1, 0.15) is 0 Å². The Morgan fingerprint density at radius 3 is 2.36 bits per heavy atom. The Morgan fingerprint density at radius 1 is 1.18 bits per heavy atom. The highest BCUT2D eigenvalue weighted by molar-refractivity contribution is 7.89. The maximum Gasteiger partial charge on any atom is 0.328 e. The Labute approximate surface area is 127 Å². The number of aryl methyl sites for hydroxylation is 1. The molecule has 1 heterocycles. The Morgan fingerprint density at radius 2 is 1.77 bits per heavy atom. The maximum absolute atomic E-state index is 12.6. The van der Waals surface area contributed by atoms with Crippen molar-refractivity contribution in [1.29, 1.82) is 0 Å². The topological polar surface area (TPSA) is 92.2 Å². The molecule has 1 N–H and O–H groups in total. The molecule has 1 aromatic carbocycles. The smallest absolute Gasteiger partial charge is 0.310 e. The van der Waals surface area contributed by atoms with E-state index in [1.165, 1.54) is 21.0 Å². The summed E-state index contributed by atoms with van der Waals surface area (Å²) in [6.07, 6.45) is 0. The Hall–Kier alpha value is -2.19. The number of nitrogens with zero attached hydrogens (tertiary/aromatic N) is 2. The third kappa shape index (κ3) is 2.88. The maximum atomic E-state index is 12.6. The molecule has 0 aliphatic heterocycles. The van der Waals surface area contributed by atoms with E-state index in [-0.39, 0.29) is 12.2 Å². The largest absolute Gasteiger partial charge is 0.328 e. The van der Waals surface area contributed by atoms with Gasteiger partial charge in [-0.05, 0) is 12.5 Å². The lowest BCUT2D eigenvalue weighted by molar-refractivity contribution is 0.463. The molecule has 0 saturated heterocycles. The van der Waals surface area contributed by atoms with Gasteiger partial charge >= 0.3 is 5.69 Å². The second-order valence-corrected chi connectivity index (χ2v) is 6.98. The first kappa shape index (κ1) is 16.2. The van der Waals surface area contributed by atoms with Gasteiger partial charge in [-0.25, -0.2) is 13.2 Å². The molecule has 0 unspecified atom stereocenters. The van der Waals surface area contributed by atoms with Gasteiger partial charge < -0.3 is 4.98 Å². The lowest BCUT2D eigenvalue weighted by Gasteiger charge is -2.18. The molecule has 22 heavy (non-hydrogen) atoms. The van der Waals surface area contributed by atoms with Crippen molar-refractivity contribution in [2.75, 3.05) is 7.05 Å². The molecule has 118 valence electrons. The molecule has 2 rings (SSSR count). The minimum absolute atomic E-state index is 0.0352. The molecule has 2 aromatic rings. The van der Waals surface area contributed by atoms with Crippen LogP contribution in [0.3, 0.4) is 0 Å². The number of benzene rings is 1. The zero-order valence-electron chi connectivity index (χ0n) is 12.5. The van der Waals surface area contributed by atoms with E-state index in [0.717, 1.165) is 14.4 Å². The Balaban J connectivity index is 2.50. The molecular weight excluding hydrogens is 306 g/mol. The van der Waals surface area contributed by atoms with Gasteiger partial charge in [0.05, 0.1) is 0 Å². The molecule has 0 aliphatic carbocycles. The van der Waals surface area contributed by atoms with Crippen molar-refractivity contribution >= 4 is 10.0 Å². The molecule has 8 heteroatoms. The van der Waals surface area contributed by atoms with E-state index in [1.54, 1.807) is 24.3 Å². The summed E-state index contributed by atoms with van der Waals surface area (Å²) in [7, 11) is -1.38. The van der Waals surface area contributed by atoms with Crippen LogP contribution in [0.15, 0.2) is 44.8 Å². The summed E-state index contributed by atoms with van der Waals surface area (Å²) in [4.78, 5) is 25.6. The highest BCUT2D eigenvalue weighted by Gasteiger charge is 2.28. The summed E-state index contributed by atoms with van der Waals surface area (Å²) >= 11 is 0. The minimum Gasteiger partial charge on any atom is -0.310 e. The van der Waals surface area contributed by atoms with E-state index >= 15 is 0 Å². The summed E-state index contributed by atoms with van der Waals surface area (Å²) in [6, 6.07) is 9.04. The molecule has 0 radical (unpaired) electrons. The SMILES string of the molecule is Cc1[nH]c(=O)n(C)c(=O)c1S(=O)(=O)N(C)Cc1ccccc1. The third-order valence-corrected chi connectivity index (χ3v) is 5.30. The number of aromatic nitrogens is 2. The average molecular weight is 323 g/mol. The fourth-order valence-electron chi connectivity index (χ4n) is 2.09. The zero-order chi connectivity index (χ0) is 16.5. The molecular formula is C14H17N3O4S. The Kier molecular flexibility index (Phi) is 4.34. The monoisotopic (exact) mass is 323 g/mol. The van der Waals surface area contributed by atoms with Crippen LogP contribution in [0.5, 0.6) is 0 Å². The standard InChI is InChI=1S/C14H17N3O4S/c1-10-12(13(18)17(3)14(19)15-10)22(20,21)16(2)9-11-7-5-4-6-8-11/h4-8H,9H2,1-3H3,(H,15,19). The van der Waals surface area contributed by atoms with Crippen LogP contribution in [0.1, 0.15) is 11.3 Å². The van der Waals surface area contributed by atoms with Crippen molar-refractivity contribution < 1.29 is 8.42 Å². The first-order valence-electron chi connectivity index (χ1n) is 6.55. The average Bonchev–Trinajstić information content (AvgIpc) is 2.45. The van der Waals surface area contributed by atoms with Crippen LogP contribution in [-0.2, 0) is 23.6 Å². The van der Waals surface area contributed by atoms with E-state index in [0.29, 0.717) is 0 Å². The molecule has 0 saturated carbocycles. The van der Waals surface area contributed by atoms with Gasteiger partial charge in [0.15, 0.2) is 4.90 Å². The van der Waals surface area contributed by atoms with Gasteiger partial charge in [0.2, 0.25) is 10.0 Å². The van der Waals surface area contributed by atoms with Crippen molar-refractivity contribution in [3.8, 4) is 0 Å². The predicted octanol–water partition coefficient (Wildman–Crippen LogP) is 0.203. The molecule has 0 atom stereocenters. The highest BCUT2D eigenvalue weighted by Crippen LogP contribution is 2.15. The minimum atomic E-state index is -4.01. The molecule has 1 aromatic heterocycles. The van der Waals surface area contributed by atoms with E-state index in [2.05, 4.69) is 4.98 Å². The number of hydrogen-bond donors (Lipinski definition) is 1. The van der Waals surface area contributed by atoms with Crippen LogP contribution in [-0.4, -0.2) is 29.3 Å². The van der Waals surface area contributed by atoms with Crippen LogP contribution < -0.4 is 11.2 Å². The first-order valence-corrected chi connectivity index (χ1v) is 7.99. The van der Waals surface area contributed by atoms with Crippen LogP contribution >= 0.6 is 0 Å². The van der Waals surface area contributed by atoms with Crippen molar-refractivity contribution in [1.82, 2.24) is 13.9 Å². The molecule has 7 nitrogen and oxygen atoms in total. The van der Waals surface area contributed by atoms with Crippen LogP contribution in [0.25, 0.3) is 0 Å². The zero-order valence-corrected chi connectivity index (χ0v) is 13.3. The molecule has 0 amide bonds. The van der Waals surface area contributed by atoms with Crippen LogP contribution in [0.4, 0.5) is 0 Å². The summed E-state index contributed by atoms with van der Waals surface area (Å²) in [5.74, 6) is 0. The molecule has 0 aliphatic rings. The highest BCUT2D eigenvalue weighted by atomic mass is 32.2. The third-order valence-electron chi connectivity index (χ3n) is 3.35. The van der Waals surface area contributed by atoms with E-state index in [9.17, 15) is 18.0 Å². The van der Waals surface area contributed by atoms with E-state index < -0.39 is 26.2 Å². The number of hydrogen-bond acceptors (Lipinski definition) is 4. The fourth-order valence-corrected chi connectivity index (χ4v) is 3.52. The van der Waals surface area contributed by atoms with Gasteiger partial charge in [-0.15, -0.1) is 0 Å². The lowest BCUT2D eigenvalue weighted by Crippen LogP contribution is -2.40. The van der Waals surface area contributed by atoms with Crippen molar-refractivity contribution in [3.63, 3.8) is 0 Å². The van der Waals surface area contributed by atoms with Gasteiger partial charge in [0.25, 0.3) is 5.56 Å². The van der Waals surface area contributed by atoms with Crippen LogP contribution in [0.2, 0.25) is 0 Å². The summed E-state index contributed by atoms with van der Waals surface area (Å²) in [6.45, 7) is 1.52. The number of sulfonamides is 1. The van der Waals surface area contributed by atoms with Crippen molar-refractivity contribution in [2.24, 2.45) is 7.05 Å². The summed E-state index contributed by atoms with van der Waals surface area (Å²) in [5, 5.41) is 0. The van der Waals surface area contributed by atoms with E-state index in [4.69, 9.17) is 0 Å². The number of aromatic amines is 1. The Bertz CT molecular complexity index is 898. The lowest BCUT2D eigenvalue weighted by atomic mass is 10.2.